The van der Waals surface area contributed by atoms with Crippen molar-refractivity contribution in [1.29, 1.82) is 0 Å². The van der Waals surface area contributed by atoms with Crippen molar-refractivity contribution >= 4 is 45.7 Å². The topological polar surface area (TPSA) is 109 Å². The molecule has 3 aromatic rings. The SMILES string of the molecule is CC1CN(c2ncccc2C(=O)Nc2nnc(OCc3ccc(Cl)cc3)s2)CC(=O)N1. The predicted octanol–water partition coefficient (Wildman–Crippen LogP) is 2.74. The number of ether oxygens (including phenoxy) is 1. The Hall–Kier alpha value is -3.24. The number of pyridine rings is 1. The first-order valence-corrected chi connectivity index (χ1v) is 10.7. The highest BCUT2D eigenvalue weighted by Crippen LogP contribution is 2.25. The van der Waals surface area contributed by atoms with Crippen LogP contribution in [0.2, 0.25) is 5.02 Å². The summed E-state index contributed by atoms with van der Waals surface area (Å²) in [6.45, 7) is 2.91. The van der Waals surface area contributed by atoms with Crippen LogP contribution in [0.4, 0.5) is 10.9 Å². The van der Waals surface area contributed by atoms with Crippen LogP contribution in [0.3, 0.4) is 0 Å². The van der Waals surface area contributed by atoms with Crippen LogP contribution in [0.1, 0.15) is 22.8 Å². The van der Waals surface area contributed by atoms with E-state index in [1.54, 1.807) is 35.4 Å². The summed E-state index contributed by atoms with van der Waals surface area (Å²) in [6, 6.07) is 10.6. The van der Waals surface area contributed by atoms with Crippen molar-refractivity contribution in [1.82, 2.24) is 20.5 Å². The van der Waals surface area contributed by atoms with Gasteiger partial charge < -0.3 is 15.0 Å². The summed E-state index contributed by atoms with van der Waals surface area (Å²) in [4.78, 5) is 30.9. The fourth-order valence-corrected chi connectivity index (χ4v) is 3.85. The van der Waals surface area contributed by atoms with Crippen molar-refractivity contribution in [3.05, 3.63) is 58.7 Å². The van der Waals surface area contributed by atoms with Crippen molar-refractivity contribution in [2.24, 2.45) is 0 Å². The highest BCUT2D eigenvalue weighted by atomic mass is 35.5. The molecular weight excluding hydrogens is 440 g/mol. The summed E-state index contributed by atoms with van der Waals surface area (Å²) in [7, 11) is 0. The van der Waals surface area contributed by atoms with Gasteiger partial charge in [0.25, 0.3) is 11.1 Å². The Bertz CT molecular complexity index is 1090. The molecule has 4 rings (SSSR count). The molecule has 0 spiro atoms. The van der Waals surface area contributed by atoms with Gasteiger partial charge in [0.05, 0.1) is 12.1 Å². The van der Waals surface area contributed by atoms with E-state index >= 15 is 0 Å². The van der Waals surface area contributed by atoms with Gasteiger partial charge in [0.15, 0.2) is 0 Å². The molecule has 1 fully saturated rings. The number of piperazine rings is 1. The molecule has 9 nitrogen and oxygen atoms in total. The highest BCUT2D eigenvalue weighted by Gasteiger charge is 2.26. The summed E-state index contributed by atoms with van der Waals surface area (Å²) in [5, 5.41) is 14.8. The summed E-state index contributed by atoms with van der Waals surface area (Å²) >= 11 is 7.00. The van der Waals surface area contributed by atoms with Crippen LogP contribution in [-0.2, 0) is 11.4 Å². The third-order valence-electron chi connectivity index (χ3n) is 4.47. The number of hydrogen-bond donors (Lipinski definition) is 2. The maximum Gasteiger partial charge on any atom is 0.296 e. The third-order valence-corrected chi connectivity index (χ3v) is 5.47. The quantitative estimate of drug-likeness (QED) is 0.584. The molecule has 1 unspecified atom stereocenters. The van der Waals surface area contributed by atoms with Crippen LogP contribution in [0.5, 0.6) is 5.19 Å². The molecule has 3 heterocycles. The number of anilines is 2. The first-order chi connectivity index (χ1) is 15.0. The van der Waals surface area contributed by atoms with Gasteiger partial charge in [-0.05, 0) is 48.1 Å². The van der Waals surface area contributed by atoms with E-state index < -0.39 is 0 Å². The standard InChI is InChI=1S/C20H19ClN6O3S/c1-12-9-27(10-16(28)23-12)17-15(3-2-8-22-17)18(29)24-19-25-26-20(31-19)30-11-13-4-6-14(21)7-5-13/h2-8,12H,9-11H2,1H3,(H,23,28)(H,24,25,29). The number of rotatable bonds is 6. The van der Waals surface area contributed by atoms with Gasteiger partial charge in [-0.15, -0.1) is 5.10 Å². The second-order valence-electron chi connectivity index (χ2n) is 6.97. The van der Waals surface area contributed by atoms with E-state index in [0.29, 0.717) is 39.9 Å². The zero-order valence-corrected chi connectivity index (χ0v) is 18.1. The third kappa shape index (κ3) is 5.28. The van der Waals surface area contributed by atoms with Crippen molar-refractivity contribution in [3.8, 4) is 5.19 Å². The lowest BCUT2D eigenvalue weighted by molar-refractivity contribution is -0.121. The number of aromatic nitrogens is 3. The molecule has 1 aliphatic rings. The Morgan fingerprint density at radius 1 is 1.32 bits per heavy atom. The zero-order valence-electron chi connectivity index (χ0n) is 16.5. The fourth-order valence-electron chi connectivity index (χ4n) is 3.13. The van der Waals surface area contributed by atoms with Gasteiger partial charge in [-0.2, -0.15) is 0 Å². The fraction of sp³-hybridized carbons (Fsp3) is 0.250. The Morgan fingerprint density at radius 3 is 2.90 bits per heavy atom. The Balaban J connectivity index is 1.42. The lowest BCUT2D eigenvalue weighted by atomic mass is 10.1. The number of benzene rings is 1. The molecule has 1 aliphatic heterocycles. The second-order valence-corrected chi connectivity index (χ2v) is 8.34. The van der Waals surface area contributed by atoms with Gasteiger partial charge in [-0.1, -0.05) is 28.8 Å². The van der Waals surface area contributed by atoms with Gasteiger partial charge in [-0.3, -0.25) is 14.9 Å². The monoisotopic (exact) mass is 458 g/mol. The first kappa shape index (κ1) is 21.0. The zero-order chi connectivity index (χ0) is 21.8. The van der Waals surface area contributed by atoms with Gasteiger partial charge in [-0.25, -0.2) is 4.98 Å². The van der Waals surface area contributed by atoms with Crippen LogP contribution in [0.25, 0.3) is 0 Å². The molecule has 31 heavy (non-hydrogen) atoms. The van der Waals surface area contributed by atoms with Crippen molar-refractivity contribution in [2.45, 2.75) is 19.6 Å². The molecule has 1 atom stereocenters. The molecule has 0 bridgehead atoms. The minimum Gasteiger partial charge on any atom is -0.464 e. The molecule has 160 valence electrons. The molecule has 0 saturated carbocycles. The number of nitrogens with one attached hydrogen (secondary N) is 2. The molecule has 1 saturated heterocycles. The van der Waals surface area contributed by atoms with Crippen LogP contribution >= 0.6 is 22.9 Å². The Morgan fingerprint density at radius 2 is 2.13 bits per heavy atom. The van der Waals surface area contributed by atoms with Crippen LogP contribution in [0, 0.1) is 0 Å². The Kier molecular flexibility index (Phi) is 6.28. The predicted molar refractivity (Wildman–Crippen MR) is 118 cm³/mol. The maximum absolute atomic E-state index is 12.9. The van der Waals surface area contributed by atoms with E-state index in [4.69, 9.17) is 16.3 Å². The maximum atomic E-state index is 12.9. The van der Waals surface area contributed by atoms with Gasteiger partial charge in [0, 0.05) is 23.8 Å². The van der Waals surface area contributed by atoms with Crippen molar-refractivity contribution in [3.63, 3.8) is 0 Å². The van der Waals surface area contributed by atoms with E-state index in [9.17, 15) is 9.59 Å². The average molecular weight is 459 g/mol. The van der Waals surface area contributed by atoms with Gasteiger partial charge in [0.2, 0.25) is 11.0 Å². The van der Waals surface area contributed by atoms with Crippen LogP contribution in [0.15, 0.2) is 42.6 Å². The minimum absolute atomic E-state index is 0.0392. The number of hydrogen-bond acceptors (Lipinski definition) is 8. The molecule has 2 aromatic heterocycles. The van der Waals surface area contributed by atoms with E-state index in [1.165, 1.54) is 0 Å². The second kappa shape index (κ2) is 9.27. The van der Waals surface area contributed by atoms with Crippen LogP contribution < -0.4 is 20.3 Å². The van der Waals surface area contributed by atoms with Crippen molar-refractivity contribution in [2.75, 3.05) is 23.3 Å². The van der Waals surface area contributed by atoms with E-state index in [0.717, 1.165) is 16.9 Å². The molecule has 11 heteroatoms. The number of nitrogens with zero attached hydrogens (tertiary/aromatic N) is 4. The summed E-state index contributed by atoms with van der Waals surface area (Å²) in [5.41, 5.74) is 1.29. The molecule has 1 aromatic carbocycles. The largest absolute Gasteiger partial charge is 0.464 e. The minimum atomic E-state index is -0.387. The summed E-state index contributed by atoms with van der Waals surface area (Å²) in [5.74, 6) is -0.0464. The number of carbonyl (C=O) groups is 2. The van der Waals surface area contributed by atoms with Gasteiger partial charge >= 0.3 is 0 Å². The van der Waals surface area contributed by atoms with E-state index in [1.807, 2.05) is 19.1 Å². The molecule has 0 aliphatic carbocycles. The normalized spacial score (nSPS) is 16.0. The number of halogens is 1. The number of amides is 2. The lowest BCUT2D eigenvalue weighted by Gasteiger charge is -2.32. The van der Waals surface area contributed by atoms with Crippen molar-refractivity contribution < 1.29 is 14.3 Å². The molecule has 0 radical (unpaired) electrons. The van der Waals surface area contributed by atoms with E-state index in [-0.39, 0.29) is 24.4 Å². The average Bonchev–Trinajstić information content (AvgIpc) is 3.20. The Labute approximate surface area is 187 Å². The van der Waals surface area contributed by atoms with Crippen LogP contribution in [-0.4, -0.2) is 46.1 Å². The first-order valence-electron chi connectivity index (χ1n) is 9.49. The summed E-state index contributed by atoms with van der Waals surface area (Å²) in [6.07, 6.45) is 1.59. The van der Waals surface area contributed by atoms with Gasteiger partial charge in [0.1, 0.15) is 12.4 Å². The smallest absolute Gasteiger partial charge is 0.296 e. The lowest BCUT2D eigenvalue weighted by Crippen LogP contribution is -2.53. The number of carbonyl (C=O) groups excluding carboxylic acids is 2. The highest BCUT2D eigenvalue weighted by molar-refractivity contribution is 7.17. The molecular formula is C20H19ClN6O3S. The summed E-state index contributed by atoms with van der Waals surface area (Å²) < 4.78 is 5.63. The molecule has 2 N–H and O–H groups in total. The van der Waals surface area contributed by atoms with E-state index in [2.05, 4.69) is 25.8 Å². The molecule has 2 amide bonds.